The molecule has 3 aromatic carbocycles. The summed E-state index contributed by atoms with van der Waals surface area (Å²) >= 11 is 0. The molecule has 0 spiro atoms. The Kier molecular flexibility index (Phi) is 4.94. The number of fused-ring (bicyclic) bond motifs is 2. The van der Waals surface area contributed by atoms with Gasteiger partial charge in [-0.1, -0.05) is 36.4 Å². The summed E-state index contributed by atoms with van der Waals surface area (Å²) < 4.78 is 5.40. The summed E-state index contributed by atoms with van der Waals surface area (Å²) in [7, 11) is 1.67. The molecular weight excluding hydrogens is 386 g/mol. The molecule has 2 aliphatic heterocycles. The SMILES string of the molecule is COc1ccc2c(c1)N=C(CCN1Cc3ccccc3C1=O)N(c1cccc(C)c1)C2. The van der Waals surface area contributed by atoms with Crippen LogP contribution in [0.25, 0.3) is 0 Å². The summed E-state index contributed by atoms with van der Waals surface area (Å²) in [5.74, 6) is 1.88. The first kappa shape index (κ1) is 19.4. The van der Waals surface area contributed by atoms with E-state index in [1.807, 2.05) is 41.3 Å². The van der Waals surface area contributed by atoms with Gasteiger partial charge in [-0.3, -0.25) is 4.79 Å². The first-order chi connectivity index (χ1) is 15.1. The highest BCUT2D eigenvalue weighted by atomic mass is 16.5. The Hall–Kier alpha value is -3.60. The lowest BCUT2D eigenvalue weighted by molar-refractivity contribution is 0.0783. The van der Waals surface area contributed by atoms with Gasteiger partial charge >= 0.3 is 0 Å². The van der Waals surface area contributed by atoms with E-state index >= 15 is 0 Å². The van der Waals surface area contributed by atoms with Crippen molar-refractivity contribution in [3.63, 3.8) is 0 Å². The van der Waals surface area contributed by atoms with Crippen molar-refractivity contribution in [2.45, 2.75) is 26.4 Å². The summed E-state index contributed by atoms with van der Waals surface area (Å²) in [6.45, 7) is 4.14. The Bertz CT molecular complexity index is 1180. The Morgan fingerprint density at radius 1 is 0.968 bits per heavy atom. The number of rotatable bonds is 5. The van der Waals surface area contributed by atoms with E-state index in [1.165, 1.54) is 5.56 Å². The van der Waals surface area contributed by atoms with Crippen molar-refractivity contribution in [2.75, 3.05) is 18.6 Å². The Morgan fingerprint density at radius 3 is 2.65 bits per heavy atom. The highest BCUT2D eigenvalue weighted by Crippen LogP contribution is 2.34. The van der Waals surface area contributed by atoms with E-state index in [9.17, 15) is 4.79 Å². The Balaban J connectivity index is 1.44. The van der Waals surface area contributed by atoms with Gasteiger partial charge in [-0.25, -0.2) is 4.99 Å². The summed E-state index contributed by atoms with van der Waals surface area (Å²) in [4.78, 5) is 22.0. The Morgan fingerprint density at radius 2 is 1.84 bits per heavy atom. The molecule has 0 saturated heterocycles. The van der Waals surface area contributed by atoms with E-state index in [2.05, 4.69) is 42.2 Å². The fourth-order valence-corrected chi connectivity index (χ4v) is 4.33. The minimum absolute atomic E-state index is 0.108. The monoisotopic (exact) mass is 411 g/mol. The third-order valence-corrected chi connectivity index (χ3v) is 6.00. The highest BCUT2D eigenvalue weighted by molar-refractivity contribution is 6.02. The zero-order chi connectivity index (χ0) is 21.4. The van der Waals surface area contributed by atoms with Gasteiger partial charge in [-0.05, 0) is 47.9 Å². The standard InChI is InChI=1S/C26H25N3O2/c1-18-6-5-8-21(14-18)29-17-20-10-11-22(31-2)15-24(20)27-25(29)12-13-28-16-19-7-3-4-9-23(19)26(28)30/h3-11,14-15H,12-13,16-17H2,1-2H3. The second kappa shape index (κ2) is 7.91. The number of carbonyl (C=O) groups excluding carboxylic acids is 1. The van der Waals surface area contributed by atoms with Gasteiger partial charge in [0.15, 0.2) is 0 Å². The van der Waals surface area contributed by atoms with E-state index in [1.54, 1.807) is 7.11 Å². The molecule has 5 nitrogen and oxygen atoms in total. The second-order valence-corrected chi connectivity index (χ2v) is 8.08. The lowest BCUT2D eigenvalue weighted by atomic mass is 10.1. The molecule has 3 aromatic rings. The van der Waals surface area contributed by atoms with Crippen LogP contribution in [0.2, 0.25) is 0 Å². The number of aryl methyl sites for hydroxylation is 1. The number of ether oxygens (including phenoxy) is 1. The number of amidine groups is 1. The highest BCUT2D eigenvalue weighted by Gasteiger charge is 2.28. The summed E-state index contributed by atoms with van der Waals surface area (Å²) in [5.41, 5.74) is 6.35. The fraction of sp³-hybridized carbons (Fsp3) is 0.231. The van der Waals surface area contributed by atoms with Crippen LogP contribution in [0, 0.1) is 6.92 Å². The molecule has 5 rings (SSSR count). The molecule has 0 aromatic heterocycles. The average molecular weight is 412 g/mol. The van der Waals surface area contributed by atoms with Gasteiger partial charge in [0.05, 0.1) is 19.3 Å². The fourth-order valence-electron chi connectivity index (χ4n) is 4.33. The number of aliphatic imine (C=N–C) groups is 1. The van der Waals surface area contributed by atoms with Crippen molar-refractivity contribution in [1.82, 2.24) is 4.90 Å². The largest absolute Gasteiger partial charge is 0.497 e. The molecule has 1 amide bonds. The van der Waals surface area contributed by atoms with Crippen molar-refractivity contribution in [1.29, 1.82) is 0 Å². The average Bonchev–Trinajstić information content (AvgIpc) is 3.12. The molecule has 0 radical (unpaired) electrons. The van der Waals surface area contributed by atoms with Gasteiger partial charge in [0.2, 0.25) is 0 Å². The van der Waals surface area contributed by atoms with Gasteiger partial charge < -0.3 is 14.5 Å². The normalized spacial score (nSPS) is 14.9. The van der Waals surface area contributed by atoms with Crippen molar-refractivity contribution < 1.29 is 9.53 Å². The predicted octanol–water partition coefficient (Wildman–Crippen LogP) is 5.10. The smallest absolute Gasteiger partial charge is 0.254 e. The van der Waals surface area contributed by atoms with Gasteiger partial charge in [0, 0.05) is 36.8 Å². The van der Waals surface area contributed by atoms with Crippen molar-refractivity contribution in [3.8, 4) is 5.75 Å². The molecular formula is C26H25N3O2. The lowest BCUT2D eigenvalue weighted by Gasteiger charge is -2.32. The first-order valence-corrected chi connectivity index (χ1v) is 10.6. The molecule has 2 heterocycles. The molecule has 0 atom stereocenters. The van der Waals surface area contributed by atoms with Crippen LogP contribution in [-0.2, 0) is 13.1 Å². The predicted molar refractivity (Wildman–Crippen MR) is 123 cm³/mol. The van der Waals surface area contributed by atoms with Gasteiger partial charge in [0.1, 0.15) is 11.6 Å². The number of methoxy groups -OCH3 is 1. The quantitative estimate of drug-likeness (QED) is 0.587. The van der Waals surface area contributed by atoms with E-state index in [-0.39, 0.29) is 5.91 Å². The maximum atomic E-state index is 12.8. The zero-order valence-corrected chi connectivity index (χ0v) is 17.8. The number of anilines is 1. The topological polar surface area (TPSA) is 45.1 Å². The number of hydrogen-bond acceptors (Lipinski definition) is 4. The molecule has 5 heteroatoms. The van der Waals surface area contributed by atoms with Crippen LogP contribution < -0.4 is 9.64 Å². The van der Waals surface area contributed by atoms with Crippen LogP contribution in [0.15, 0.2) is 71.7 Å². The molecule has 0 fully saturated rings. The van der Waals surface area contributed by atoms with E-state index in [4.69, 9.17) is 9.73 Å². The summed E-state index contributed by atoms with van der Waals surface area (Å²) in [6, 6.07) is 22.4. The van der Waals surface area contributed by atoms with Crippen molar-refractivity contribution in [3.05, 3.63) is 89.0 Å². The molecule has 0 aliphatic carbocycles. The minimum Gasteiger partial charge on any atom is -0.497 e. The first-order valence-electron chi connectivity index (χ1n) is 10.6. The number of amides is 1. The number of nitrogens with zero attached hydrogens (tertiary/aromatic N) is 3. The third kappa shape index (κ3) is 3.67. The second-order valence-electron chi connectivity index (χ2n) is 8.08. The summed E-state index contributed by atoms with van der Waals surface area (Å²) in [5, 5.41) is 0. The molecule has 156 valence electrons. The van der Waals surface area contributed by atoms with Crippen molar-refractivity contribution >= 4 is 23.1 Å². The van der Waals surface area contributed by atoms with Crippen LogP contribution in [0.4, 0.5) is 11.4 Å². The maximum Gasteiger partial charge on any atom is 0.254 e. The molecule has 0 saturated carbocycles. The van der Waals surface area contributed by atoms with E-state index in [0.717, 1.165) is 46.2 Å². The molecule has 2 aliphatic rings. The molecule has 0 unspecified atom stereocenters. The lowest BCUT2D eigenvalue weighted by Crippen LogP contribution is -2.36. The Labute approximate surface area is 182 Å². The van der Waals surface area contributed by atoms with Crippen LogP contribution in [0.1, 0.15) is 33.5 Å². The number of carbonyl (C=O) groups is 1. The van der Waals surface area contributed by atoms with Crippen LogP contribution >= 0.6 is 0 Å². The van der Waals surface area contributed by atoms with Crippen molar-refractivity contribution in [2.24, 2.45) is 4.99 Å². The van der Waals surface area contributed by atoms with E-state index < -0.39 is 0 Å². The number of hydrogen-bond donors (Lipinski definition) is 0. The molecule has 0 bridgehead atoms. The van der Waals surface area contributed by atoms with E-state index in [0.29, 0.717) is 19.5 Å². The van der Waals surface area contributed by atoms with Gasteiger partial charge in [-0.2, -0.15) is 0 Å². The molecule has 31 heavy (non-hydrogen) atoms. The van der Waals surface area contributed by atoms with Gasteiger partial charge in [-0.15, -0.1) is 0 Å². The van der Waals surface area contributed by atoms with Crippen LogP contribution in [0.5, 0.6) is 5.75 Å². The maximum absolute atomic E-state index is 12.8. The van der Waals surface area contributed by atoms with Crippen LogP contribution in [0.3, 0.4) is 0 Å². The summed E-state index contributed by atoms with van der Waals surface area (Å²) in [6.07, 6.45) is 0.685. The minimum atomic E-state index is 0.108. The molecule has 0 N–H and O–H groups in total. The third-order valence-electron chi connectivity index (χ3n) is 6.00. The van der Waals surface area contributed by atoms with Gasteiger partial charge in [0.25, 0.3) is 5.91 Å². The number of benzene rings is 3. The van der Waals surface area contributed by atoms with Crippen LogP contribution in [-0.4, -0.2) is 30.3 Å². The zero-order valence-electron chi connectivity index (χ0n) is 17.8.